The number of hydrogen-bond acceptors (Lipinski definition) is 2. The summed E-state index contributed by atoms with van der Waals surface area (Å²) in [5, 5.41) is 12.0. The fourth-order valence-electron chi connectivity index (χ4n) is 1.17. The summed E-state index contributed by atoms with van der Waals surface area (Å²) in [6.45, 7) is 3.66. The minimum absolute atomic E-state index is 0.191. The van der Waals surface area contributed by atoms with Crippen LogP contribution in [0.25, 0.3) is 0 Å². The van der Waals surface area contributed by atoms with Crippen molar-refractivity contribution in [1.29, 1.82) is 0 Å². The molecule has 1 rings (SSSR count). The first-order valence-corrected chi connectivity index (χ1v) is 5.03. The number of rotatable bonds is 3. The van der Waals surface area contributed by atoms with Crippen molar-refractivity contribution in [2.75, 3.05) is 5.32 Å². The molecule has 0 aliphatic heterocycles. The molecule has 0 unspecified atom stereocenters. The van der Waals surface area contributed by atoms with Crippen LogP contribution in [0.3, 0.4) is 0 Å². The van der Waals surface area contributed by atoms with Crippen molar-refractivity contribution in [3.05, 3.63) is 48.1 Å². The van der Waals surface area contributed by atoms with Gasteiger partial charge in [0.2, 0.25) is 5.91 Å². The number of carbonyl (C=O) groups excluding carboxylic acids is 1. The maximum Gasteiger partial charge on any atom is 0.248 e. The molecule has 1 aromatic carbocycles. The van der Waals surface area contributed by atoms with E-state index in [2.05, 4.69) is 5.32 Å². The predicted molar refractivity (Wildman–Crippen MR) is 65.4 cm³/mol. The van der Waals surface area contributed by atoms with Gasteiger partial charge in [0.1, 0.15) is 5.75 Å². The lowest BCUT2D eigenvalue weighted by Gasteiger charge is -2.04. The van der Waals surface area contributed by atoms with Gasteiger partial charge in [-0.1, -0.05) is 18.2 Å². The molecule has 0 saturated heterocycles. The van der Waals surface area contributed by atoms with Crippen LogP contribution in [0.1, 0.15) is 12.5 Å². The summed E-state index contributed by atoms with van der Waals surface area (Å²) in [6, 6.07) is 4.93. The van der Waals surface area contributed by atoms with Crippen molar-refractivity contribution in [3.8, 4) is 5.75 Å². The van der Waals surface area contributed by atoms with Crippen molar-refractivity contribution in [2.24, 2.45) is 0 Å². The number of phenols is 1. The number of aromatic hydroxyl groups is 1. The van der Waals surface area contributed by atoms with E-state index < -0.39 is 0 Å². The second kappa shape index (κ2) is 5.75. The largest absolute Gasteiger partial charge is 0.508 e. The number of nitrogens with one attached hydrogen (secondary N) is 1. The zero-order valence-corrected chi connectivity index (χ0v) is 9.40. The Morgan fingerprint density at radius 2 is 2.12 bits per heavy atom. The highest BCUT2D eigenvalue weighted by atomic mass is 16.3. The van der Waals surface area contributed by atoms with E-state index in [1.54, 1.807) is 37.3 Å². The highest BCUT2D eigenvalue weighted by Gasteiger charge is 2.00. The number of anilines is 1. The van der Waals surface area contributed by atoms with Gasteiger partial charge in [-0.05, 0) is 37.6 Å². The predicted octanol–water partition coefficient (Wildman–Crippen LogP) is 2.77. The Morgan fingerprint density at radius 3 is 2.75 bits per heavy atom. The summed E-state index contributed by atoms with van der Waals surface area (Å²) in [5.41, 5.74) is 1.40. The summed E-state index contributed by atoms with van der Waals surface area (Å²) in [4.78, 5) is 11.4. The maximum absolute atomic E-state index is 11.4. The number of carbonyl (C=O) groups is 1. The fraction of sp³-hybridized carbons (Fsp3) is 0.154. The van der Waals surface area contributed by atoms with E-state index in [1.165, 1.54) is 6.08 Å². The summed E-state index contributed by atoms with van der Waals surface area (Å²) in [7, 11) is 0. The number of hydrogen-bond donors (Lipinski definition) is 2. The van der Waals surface area contributed by atoms with Crippen molar-refractivity contribution in [1.82, 2.24) is 0 Å². The van der Waals surface area contributed by atoms with Gasteiger partial charge in [0.15, 0.2) is 0 Å². The molecule has 16 heavy (non-hydrogen) atoms. The summed E-state index contributed by atoms with van der Waals surface area (Å²) < 4.78 is 0. The maximum atomic E-state index is 11.4. The topological polar surface area (TPSA) is 49.3 Å². The first-order chi connectivity index (χ1) is 7.63. The van der Waals surface area contributed by atoms with E-state index >= 15 is 0 Å². The number of phenolic OH excluding ortho intramolecular Hbond substituents is 1. The standard InChI is InChI=1S/C13H15NO2/c1-3-4-5-6-13(16)14-11-7-8-12(15)10(2)9-11/h3-9,15H,1-2H3,(H,14,16). The van der Waals surface area contributed by atoms with Gasteiger partial charge in [0, 0.05) is 11.8 Å². The number of benzene rings is 1. The van der Waals surface area contributed by atoms with Gasteiger partial charge in [-0.25, -0.2) is 0 Å². The SMILES string of the molecule is CC=CC=CC(=O)Nc1ccc(O)c(C)c1. The summed E-state index contributed by atoms with van der Waals surface area (Å²) in [5.74, 6) is 0.0330. The molecular weight excluding hydrogens is 202 g/mol. The minimum Gasteiger partial charge on any atom is -0.508 e. The second-order valence-corrected chi connectivity index (χ2v) is 3.38. The average Bonchev–Trinajstić information content (AvgIpc) is 2.24. The van der Waals surface area contributed by atoms with Gasteiger partial charge in [-0.2, -0.15) is 0 Å². The van der Waals surface area contributed by atoms with Crippen molar-refractivity contribution in [3.63, 3.8) is 0 Å². The average molecular weight is 217 g/mol. The molecule has 0 radical (unpaired) electrons. The van der Waals surface area contributed by atoms with Crippen LogP contribution in [-0.4, -0.2) is 11.0 Å². The Hall–Kier alpha value is -2.03. The monoisotopic (exact) mass is 217 g/mol. The minimum atomic E-state index is -0.191. The third-order valence-electron chi connectivity index (χ3n) is 2.02. The van der Waals surface area contributed by atoms with Gasteiger partial charge in [-0.15, -0.1) is 0 Å². The van der Waals surface area contributed by atoms with Crippen LogP contribution in [0, 0.1) is 6.92 Å². The van der Waals surface area contributed by atoms with E-state index in [1.807, 2.05) is 13.0 Å². The van der Waals surface area contributed by atoms with E-state index in [4.69, 9.17) is 0 Å². The first kappa shape index (κ1) is 12.0. The molecule has 0 fully saturated rings. The molecule has 0 atom stereocenters. The van der Waals surface area contributed by atoms with Gasteiger partial charge in [0.05, 0.1) is 0 Å². The van der Waals surface area contributed by atoms with Gasteiger partial charge in [0.25, 0.3) is 0 Å². The molecule has 0 spiro atoms. The molecule has 0 aliphatic rings. The third kappa shape index (κ3) is 3.61. The van der Waals surface area contributed by atoms with Gasteiger partial charge in [-0.3, -0.25) is 4.79 Å². The Balaban J connectivity index is 2.66. The lowest BCUT2D eigenvalue weighted by Crippen LogP contribution is -2.07. The molecule has 1 aromatic rings. The van der Waals surface area contributed by atoms with E-state index in [0.29, 0.717) is 5.69 Å². The smallest absolute Gasteiger partial charge is 0.248 e. The summed E-state index contributed by atoms with van der Waals surface area (Å²) >= 11 is 0. The highest BCUT2D eigenvalue weighted by molar-refractivity contribution is 5.99. The Kier molecular flexibility index (Phi) is 4.33. The molecule has 3 heteroatoms. The number of aryl methyl sites for hydroxylation is 1. The van der Waals surface area contributed by atoms with Crippen molar-refractivity contribution in [2.45, 2.75) is 13.8 Å². The van der Waals surface area contributed by atoms with Crippen molar-refractivity contribution < 1.29 is 9.90 Å². The molecule has 0 saturated carbocycles. The van der Waals surface area contributed by atoms with E-state index in [0.717, 1.165) is 5.56 Å². The second-order valence-electron chi connectivity index (χ2n) is 3.38. The first-order valence-electron chi connectivity index (χ1n) is 5.03. The number of allylic oxidation sites excluding steroid dienone is 3. The quantitative estimate of drug-likeness (QED) is 0.464. The lowest BCUT2D eigenvalue weighted by atomic mass is 10.2. The van der Waals surface area contributed by atoms with Crippen LogP contribution in [0.15, 0.2) is 42.5 Å². The molecule has 0 bridgehead atoms. The van der Waals surface area contributed by atoms with Crippen molar-refractivity contribution >= 4 is 11.6 Å². The molecule has 0 aliphatic carbocycles. The third-order valence-corrected chi connectivity index (χ3v) is 2.02. The molecule has 84 valence electrons. The molecule has 3 nitrogen and oxygen atoms in total. The lowest BCUT2D eigenvalue weighted by molar-refractivity contribution is -0.111. The Morgan fingerprint density at radius 1 is 1.38 bits per heavy atom. The van der Waals surface area contributed by atoms with E-state index in [-0.39, 0.29) is 11.7 Å². The molecule has 1 amide bonds. The van der Waals surface area contributed by atoms with Crippen LogP contribution in [0.2, 0.25) is 0 Å². The van der Waals surface area contributed by atoms with E-state index in [9.17, 15) is 9.90 Å². The van der Waals surface area contributed by atoms with Gasteiger partial charge < -0.3 is 10.4 Å². The van der Waals surface area contributed by atoms with Crippen LogP contribution in [0.5, 0.6) is 5.75 Å². The zero-order valence-electron chi connectivity index (χ0n) is 9.40. The molecule has 0 heterocycles. The molecular formula is C13H15NO2. The summed E-state index contributed by atoms with van der Waals surface area (Å²) in [6.07, 6.45) is 6.74. The normalized spacial score (nSPS) is 11.1. The Bertz CT molecular complexity index is 434. The molecule has 2 N–H and O–H groups in total. The fourth-order valence-corrected chi connectivity index (χ4v) is 1.17. The zero-order chi connectivity index (χ0) is 12.0. The number of amides is 1. The van der Waals surface area contributed by atoms with Crippen LogP contribution >= 0.6 is 0 Å². The molecule has 0 aromatic heterocycles. The van der Waals surface area contributed by atoms with Crippen LogP contribution in [-0.2, 0) is 4.79 Å². The highest BCUT2D eigenvalue weighted by Crippen LogP contribution is 2.19. The van der Waals surface area contributed by atoms with Gasteiger partial charge >= 0.3 is 0 Å². The van der Waals surface area contributed by atoms with Crippen LogP contribution in [0.4, 0.5) is 5.69 Å². The van der Waals surface area contributed by atoms with Crippen LogP contribution < -0.4 is 5.32 Å². The Labute approximate surface area is 95.1 Å².